The molecule has 1 amide bonds. The molecule has 2 heterocycles. The lowest BCUT2D eigenvalue weighted by atomic mass is 10.0. The molecular weight excluding hydrogens is 369 g/mol. The van der Waals surface area contributed by atoms with Gasteiger partial charge in [-0.3, -0.25) is 9.69 Å². The number of anilines is 1. The Hall–Kier alpha value is -2.60. The standard InChI is InChI=1S/C23H28FN3O2/c1-26-13-10-18-14-17(8-9-20(18)26)21(27-11-4-5-12-27)15-25-23(28)16-29-22-7-3-2-6-19(22)24/h2-3,6-9,14,21H,4-5,10-13,15-16H2,1H3,(H,25,28). The van der Waals surface area contributed by atoms with Gasteiger partial charge in [0, 0.05) is 25.8 Å². The van der Waals surface area contributed by atoms with Crippen LogP contribution in [0.15, 0.2) is 42.5 Å². The first kappa shape index (κ1) is 19.7. The van der Waals surface area contributed by atoms with E-state index in [1.54, 1.807) is 12.1 Å². The van der Waals surface area contributed by atoms with Gasteiger partial charge in [0.1, 0.15) is 0 Å². The summed E-state index contributed by atoms with van der Waals surface area (Å²) in [5.41, 5.74) is 3.93. The Morgan fingerprint density at radius 2 is 1.97 bits per heavy atom. The molecule has 2 aliphatic heterocycles. The van der Waals surface area contributed by atoms with E-state index in [4.69, 9.17) is 4.74 Å². The predicted octanol–water partition coefficient (Wildman–Crippen LogP) is 3.15. The second-order valence-electron chi connectivity index (χ2n) is 7.84. The van der Waals surface area contributed by atoms with Crippen molar-refractivity contribution in [2.24, 2.45) is 0 Å². The molecule has 2 aromatic carbocycles. The van der Waals surface area contributed by atoms with Gasteiger partial charge in [-0.1, -0.05) is 24.3 Å². The molecule has 1 N–H and O–H groups in total. The number of hydrogen-bond donors (Lipinski definition) is 1. The number of carbonyl (C=O) groups excluding carboxylic acids is 1. The number of likely N-dealkylation sites (N-methyl/N-ethyl adjacent to an activating group) is 1. The van der Waals surface area contributed by atoms with E-state index in [-0.39, 0.29) is 24.3 Å². The number of halogens is 1. The van der Waals surface area contributed by atoms with Gasteiger partial charge >= 0.3 is 0 Å². The average molecular weight is 397 g/mol. The SMILES string of the molecule is CN1CCc2cc(C(CNC(=O)COc3ccccc3F)N3CCCC3)ccc21. The van der Waals surface area contributed by atoms with E-state index in [1.807, 2.05) is 0 Å². The first-order valence-corrected chi connectivity index (χ1v) is 10.3. The van der Waals surface area contributed by atoms with Gasteiger partial charge in [0.25, 0.3) is 5.91 Å². The number of benzene rings is 2. The molecule has 1 saturated heterocycles. The number of amides is 1. The first-order chi connectivity index (χ1) is 14.1. The van der Waals surface area contributed by atoms with Crippen molar-refractivity contribution in [3.63, 3.8) is 0 Å². The van der Waals surface area contributed by atoms with E-state index in [2.05, 4.69) is 40.4 Å². The topological polar surface area (TPSA) is 44.8 Å². The van der Waals surface area contributed by atoms with Crippen LogP contribution in [0.4, 0.5) is 10.1 Å². The minimum absolute atomic E-state index is 0.0986. The van der Waals surface area contributed by atoms with Crippen LogP contribution in [0.3, 0.4) is 0 Å². The van der Waals surface area contributed by atoms with Gasteiger partial charge in [-0.2, -0.15) is 0 Å². The van der Waals surface area contributed by atoms with Crippen LogP contribution < -0.4 is 15.0 Å². The second kappa shape index (κ2) is 8.82. The Morgan fingerprint density at radius 1 is 1.17 bits per heavy atom. The molecule has 0 aromatic heterocycles. The third-order valence-corrected chi connectivity index (χ3v) is 5.89. The molecule has 2 aromatic rings. The van der Waals surface area contributed by atoms with Crippen LogP contribution >= 0.6 is 0 Å². The summed E-state index contributed by atoms with van der Waals surface area (Å²) in [6.07, 6.45) is 3.44. The van der Waals surface area contributed by atoms with Gasteiger partial charge < -0.3 is 15.0 Å². The normalized spacial score (nSPS) is 17.2. The van der Waals surface area contributed by atoms with Crippen molar-refractivity contribution in [2.75, 3.05) is 44.7 Å². The lowest BCUT2D eigenvalue weighted by Gasteiger charge is -2.29. The molecule has 0 bridgehead atoms. The van der Waals surface area contributed by atoms with E-state index in [1.165, 1.54) is 41.8 Å². The molecule has 0 saturated carbocycles. The van der Waals surface area contributed by atoms with Crippen LogP contribution in [-0.2, 0) is 11.2 Å². The van der Waals surface area contributed by atoms with Crippen molar-refractivity contribution < 1.29 is 13.9 Å². The maximum atomic E-state index is 13.6. The summed E-state index contributed by atoms with van der Waals surface area (Å²) in [6, 6.07) is 13.0. The van der Waals surface area contributed by atoms with Crippen molar-refractivity contribution in [3.8, 4) is 5.75 Å². The molecule has 29 heavy (non-hydrogen) atoms. The number of hydrogen-bond acceptors (Lipinski definition) is 4. The van der Waals surface area contributed by atoms with Gasteiger partial charge in [0.2, 0.25) is 0 Å². The number of nitrogens with one attached hydrogen (secondary N) is 1. The highest BCUT2D eigenvalue weighted by atomic mass is 19.1. The number of para-hydroxylation sites is 1. The van der Waals surface area contributed by atoms with Gasteiger partial charge in [-0.15, -0.1) is 0 Å². The Labute approximate surface area is 171 Å². The maximum Gasteiger partial charge on any atom is 0.258 e. The number of carbonyl (C=O) groups is 1. The van der Waals surface area contributed by atoms with Crippen molar-refractivity contribution in [2.45, 2.75) is 25.3 Å². The molecule has 2 aliphatic rings. The highest BCUT2D eigenvalue weighted by Crippen LogP contribution is 2.32. The molecule has 5 nitrogen and oxygen atoms in total. The maximum absolute atomic E-state index is 13.6. The molecular formula is C23H28FN3O2. The van der Waals surface area contributed by atoms with Gasteiger partial charge in [-0.05, 0) is 61.7 Å². The molecule has 6 heteroatoms. The number of ether oxygens (including phenoxy) is 1. The number of fused-ring (bicyclic) bond motifs is 1. The fourth-order valence-corrected chi connectivity index (χ4v) is 4.27. The van der Waals surface area contributed by atoms with Crippen molar-refractivity contribution in [1.82, 2.24) is 10.2 Å². The molecule has 154 valence electrons. The molecule has 0 spiro atoms. The van der Waals surface area contributed by atoms with Crippen LogP contribution in [-0.4, -0.2) is 50.6 Å². The molecule has 0 radical (unpaired) electrons. The lowest BCUT2D eigenvalue weighted by molar-refractivity contribution is -0.123. The van der Waals surface area contributed by atoms with Gasteiger partial charge in [0.15, 0.2) is 18.2 Å². The summed E-state index contributed by atoms with van der Waals surface area (Å²) in [7, 11) is 2.12. The molecule has 0 aliphatic carbocycles. The Balaban J connectivity index is 1.40. The molecule has 1 unspecified atom stereocenters. The van der Waals surface area contributed by atoms with Crippen LogP contribution in [0.2, 0.25) is 0 Å². The minimum atomic E-state index is -0.460. The van der Waals surface area contributed by atoms with E-state index >= 15 is 0 Å². The van der Waals surface area contributed by atoms with Gasteiger partial charge in [-0.25, -0.2) is 4.39 Å². The van der Waals surface area contributed by atoms with Crippen molar-refractivity contribution in [1.29, 1.82) is 0 Å². The van der Waals surface area contributed by atoms with E-state index in [9.17, 15) is 9.18 Å². The first-order valence-electron chi connectivity index (χ1n) is 10.3. The number of likely N-dealkylation sites (tertiary alicyclic amines) is 1. The summed E-state index contributed by atoms with van der Waals surface area (Å²) in [5, 5.41) is 2.99. The summed E-state index contributed by atoms with van der Waals surface area (Å²) in [4.78, 5) is 17.1. The summed E-state index contributed by atoms with van der Waals surface area (Å²) in [5.74, 6) is -0.599. The number of nitrogens with zero attached hydrogens (tertiary/aromatic N) is 2. The molecule has 4 rings (SSSR count). The smallest absolute Gasteiger partial charge is 0.258 e. The van der Waals surface area contributed by atoms with Crippen LogP contribution in [0, 0.1) is 5.82 Å². The summed E-state index contributed by atoms with van der Waals surface area (Å²) >= 11 is 0. The minimum Gasteiger partial charge on any atom is -0.481 e. The largest absolute Gasteiger partial charge is 0.481 e. The predicted molar refractivity (Wildman–Crippen MR) is 112 cm³/mol. The molecule has 1 fully saturated rings. The van der Waals surface area contributed by atoms with E-state index < -0.39 is 5.82 Å². The highest BCUT2D eigenvalue weighted by Gasteiger charge is 2.26. The van der Waals surface area contributed by atoms with Gasteiger partial charge in [0.05, 0.1) is 6.04 Å². The van der Waals surface area contributed by atoms with E-state index in [0.717, 1.165) is 26.1 Å². The quantitative estimate of drug-likeness (QED) is 0.780. The Morgan fingerprint density at radius 3 is 2.76 bits per heavy atom. The zero-order valence-corrected chi connectivity index (χ0v) is 16.9. The fourth-order valence-electron chi connectivity index (χ4n) is 4.27. The monoisotopic (exact) mass is 397 g/mol. The summed E-state index contributed by atoms with van der Waals surface area (Å²) in [6.45, 7) is 3.47. The van der Waals surface area contributed by atoms with Crippen LogP contribution in [0.5, 0.6) is 5.75 Å². The zero-order chi connectivity index (χ0) is 20.2. The zero-order valence-electron chi connectivity index (χ0n) is 16.9. The van der Waals surface area contributed by atoms with Crippen LogP contribution in [0.1, 0.15) is 30.0 Å². The second-order valence-corrected chi connectivity index (χ2v) is 7.84. The third-order valence-electron chi connectivity index (χ3n) is 5.89. The lowest BCUT2D eigenvalue weighted by Crippen LogP contribution is -2.38. The Kier molecular flexibility index (Phi) is 6.00. The average Bonchev–Trinajstić information content (AvgIpc) is 3.38. The number of rotatable bonds is 7. The van der Waals surface area contributed by atoms with E-state index in [0.29, 0.717) is 6.54 Å². The summed E-state index contributed by atoms with van der Waals surface area (Å²) < 4.78 is 19.0. The molecule has 1 atom stereocenters. The highest BCUT2D eigenvalue weighted by molar-refractivity contribution is 5.77. The van der Waals surface area contributed by atoms with Crippen molar-refractivity contribution in [3.05, 3.63) is 59.4 Å². The fraction of sp³-hybridized carbons (Fsp3) is 0.435. The third kappa shape index (κ3) is 4.53. The Bertz CT molecular complexity index is 867. The van der Waals surface area contributed by atoms with Crippen molar-refractivity contribution >= 4 is 11.6 Å². The van der Waals surface area contributed by atoms with Crippen LogP contribution in [0.25, 0.3) is 0 Å².